The van der Waals surface area contributed by atoms with E-state index in [2.05, 4.69) is 23.4 Å². The Balaban J connectivity index is 2.17. The molecule has 0 spiro atoms. The van der Waals surface area contributed by atoms with Gasteiger partial charge >= 0.3 is 0 Å². The van der Waals surface area contributed by atoms with Crippen LogP contribution >= 0.6 is 11.3 Å². The topological polar surface area (TPSA) is 51.8 Å². The van der Waals surface area contributed by atoms with Gasteiger partial charge in [0.2, 0.25) is 0 Å². The second kappa shape index (κ2) is 3.81. The molecule has 0 aliphatic heterocycles. The Kier molecular flexibility index (Phi) is 2.40. The predicted molar refractivity (Wildman–Crippen MR) is 71.2 cm³/mol. The van der Waals surface area contributed by atoms with E-state index in [0.717, 1.165) is 17.1 Å². The minimum atomic E-state index is 0.538. The van der Waals surface area contributed by atoms with Gasteiger partial charge in [0.1, 0.15) is 11.6 Å². The van der Waals surface area contributed by atoms with E-state index in [1.807, 2.05) is 6.92 Å². The summed E-state index contributed by atoms with van der Waals surface area (Å²) in [6.07, 6.45) is 2.40. The molecule has 2 N–H and O–H groups in total. The van der Waals surface area contributed by atoms with Crippen molar-refractivity contribution in [1.29, 1.82) is 0 Å². The number of aromatic nitrogens is 2. The molecule has 0 unspecified atom stereocenters. The number of aryl methyl sites for hydroxylation is 1. The van der Waals surface area contributed by atoms with Crippen LogP contribution in [-0.2, 0) is 0 Å². The number of anilines is 1. The van der Waals surface area contributed by atoms with E-state index in [4.69, 9.17) is 10.7 Å². The van der Waals surface area contributed by atoms with Crippen molar-refractivity contribution in [1.82, 2.24) is 9.97 Å². The Hall–Kier alpha value is -1.42. The number of hydrogen-bond acceptors (Lipinski definition) is 4. The maximum absolute atomic E-state index is 6.00. The maximum Gasteiger partial charge on any atom is 0.134 e. The fourth-order valence-electron chi connectivity index (χ4n) is 1.97. The number of nitrogens with two attached hydrogens (primary N) is 1. The van der Waals surface area contributed by atoms with Crippen molar-refractivity contribution in [2.75, 3.05) is 5.73 Å². The van der Waals surface area contributed by atoms with Gasteiger partial charge in [-0.1, -0.05) is 0 Å². The van der Waals surface area contributed by atoms with Gasteiger partial charge in [-0.2, -0.15) is 0 Å². The standard InChI is InChI=1S/C13H15N3S/c1-7-11(10-5-6-17-8(10)2)15-13(9-3-4-9)16-12(7)14/h5-6,9H,3-4H2,1-2H3,(H2,14,15,16). The first-order valence-electron chi connectivity index (χ1n) is 5.85. The van der Waals surface area contributed by atoms with Crippen molar-refractivity contribution in [3.8, 4) is 11.3 Å². The predicted octanol–water partition coefficient (Wildman–Crippen LogP) is 3.28. The van der Waals surface area contributed by atoms with Crippen LogP contribution in [0.1, 0.15) is 35.0 Å². The molecule has 2 heterocycles. The molecular weight excluding hydrogens is 230 g/mol. The molecule has 0 atom stereocenters. The van der Waals surface area contributed by atoms with E-state index >= 15 is 0 Å². The van der Waals surface area contributed by atoms with E-state index in [1.165, 1.54) is 23.3 Å². The van der Waals surface area contributed by atoms with Crippen LogP contribution < -0.4 is 5.73 Å². The van der Waals surface area contributed by atoms with Crippen molar-refractivity contribution >= 4 is 17.2 Å². The summed E-state index contributed by atoms with van der Waals surface area (Å²) in [5, 5.41) is 2.10. The van der Waals surface area contributed by atoms with Gasteiger partial charge < -0.3 is 5.73 Å². The highest BCUT2D eigenvalue weighted by Crippen LogP contribution is 2.40. The molecule has 0 aromatic carbocycles. The third-order valence-electron chi connectivity index (χ3n) is 3.26. The zero-order valence-corrected chi connectivity index (χ0v) is 10.8. The number of nitrogen functional groups attached to an aromatic ring is 1. The molecule has 17 heavy (non-hydrogen) atoms. The van der Waals surface area contributed by atoms with Crippen LogP contribution in [0.15, 0.2) is 11.4 Å². The molecule has 1 aliphatic carbocycles. The summed E-state index contributed by atoms with van der Waals surface area (Å²) in [7, 11) is 0. The molecule has 2 aromatic heterocycles. The summed E-state index contributed by atoms with van der Waals surface area (Å²) in [6, 6.07) is 2.12. The van der Waals surface area contributed by atoms with Crippen LogP contribution in [0.2, 0.25) is 0 Å². The average Bonchev–Trinajstić information content (AvgIpc) is 3.06. The summed E-state index contributed by atoms with van der Waals surface area (Å²) >= 11 is 1.74. The third-order valence-corrected chi connectivity index (χ3v) is 4.10. The molecular formula is C13H15N3S. The Morgan fingerprint density at radius 3 is 2.65 bits per heavy atom. The lowest BCUT2D eigenvalue weighted by atomic mass is 10.1. The molecule has 0 saturated heterocycles. The lowest BCUT2D eigenvalue weighted by Gasteiger charge is -2.09. The molecule has 3 rings (SSSR count). The first kappa shape index (κ1) is 10.7. The zero-order chi connectivity index (χ0) is 12.0. The highest BCUT2D eigenvalue weighted by Gasteiger charge is 2.28. The summed E-state index contributed by atoms with van der Waals surface area (Å²) in [4.78, 5) is 10.4. The highest BCUT2D eigenvalue weighted by molar-refractivity contribution is 7.10. The van der Waals surface area contributed by atoms with Gasteiger partial charge in [0.15, 0.2) is 0 Å². The molecule has 88 valence electrons. The Morgan fingerprint density at radius 2 is 2.06 bits per heavy atom. The number of thiophene rings is 1. The van der Waals surface area contributed by atoms with Gasteiger partial charge in [0, 0.05) is 21.9 Å². The second-order valence-corrected chi connectivity index (χ2v) is 5.73. The van der Waals surface area contributed by atoms with E-state index in [9.17, 15) is 0 Å². The number of rotatable bonds is 2. The molecule has 4 heteroatoms. The van der Waals surface area contributed by atoms with E-state index < -0.39 is 0 Å². The minimum absolute atomic E-state index is 0.538. The van der Waals surface area contributed by atoms with Crippen LogP contribution in [0.3, 0.4) is 0 Å². The van der Waals surface area contributed by atoms with Crippen molar-refractivity contribution in [2.45, 2.75) is 32.6 Å². The van der Waals surface area contributed by atoms with Gasteiger partial charge in [-0.05, 0) is 38.1 Å². The molecule has 2 aromatic rings. The van der Waals surface area contributed by atoms with Crippen molar-refractivity contribution in [3.05, 3.63) is 27.7 Å². The van der Waals surface area contributed by atoms with Crippen LogP contribution in [0, 0.1) is 13.8 Å². The van der Waals surface area contributed by atoms with Gasteiger partial charge in [-0.25, -0.2) is 9.97 Å². The summed E-state index contributed by atoms with van der Waals surface area (Å²) < 4.78 is 0. The maximum atomic E-state index is 6.00. The molecule has 0 amide bonds. The fourth-order valence-corrected chi connectivity index (χ4v) is 2.67. The quantitative estimate of drug-likeness (QED) is 0.883. The average molecular weight is 245 g/mol. The monoisotopic (exact) mass is 245 g/mol. The summed E-state index contributed by atoms with van der Waals surface area (Å²) in [5.74, 6) is 2.09. The zero-order valence-electron chi connectivity index (χ0n) is 10.0. The van der Waals surface area contributed by atoms with Gasteiger partial charge in [-0.15, -0.1) is 11.3 Å². The van der Waals surface area contributed by atoms with Crippen LogP contribution in [0.4, 0.5) is 5.82 Å². The smallest absolute Gasteiger partial charge is 0.134 e. The molecule has 1 aliphatic rings. The van der Waals surface area contributed by atoms with Crippen LogP contribution in [0.25, 0.3) is 11.3 Å². The molecule has 3 nitrogen and oxygen atoms in total. The Labute approximate surface area is 105 Å². The fraction of sp³-hybridized carbons (Fsp3) is 0.385. The SMILES string of the molecule is Cc1sccc1-c1nc(C2CC2)nc(N)c1C. The normalized spacial score (nSPS) is 15.2. The van der Waals surface area contributed by atoms with Crippen molar-refractivity contribution in [2.24, 2.45) is 0 Å². The Bertz CT molecular complexity index is 570. The van der Waals surface area contributed by atoms with Gasteiger partial charge in [-0.3, -0.25) is 0 Å². The van der Waals surface area contributed by atoms with Gasteiger partial charge in [0.05, 0.1) is 5.69 Å². The molecule has 0 radical (unpaired) electrons. The van der Waals surface area contributed by atoms with E-state index in [-0.39, 0.29) is 0 Å². The summed E-state index contributed by atoms with van der Waals surface area (Å²) in [6.45, 7) is 4.12. The minimum Gasteiger partial charge on any atom is -0.383 e. The van der Waals surface area contributed by atoms with E-state index in [1.54, 1.807) is 11.3 Å². The first-order chi connectivity index (χ1) is 8.16. The number of nitrogens with zero attached hydrogens (tertiary/aromatic N) is 2. The highest BCUT2D eigenvalue weighted by atomic mass is 32.1. The molecule has 1 fully saturated rings. The first-order valence-corrected chi connectivity index (χ1v) is 6.73. The van der Waals surface area contributed by atoms with E-state index in [0.29, 0.717) is 11.7 Å². The second-order valence-electron chi connectivity index (χ2n) is 4.61. The lowest BCUT2D eigenvalue weighted by Crippen LogP contribution is -2.04. The van der Waals surface area contributed by atoms with Gasteiger partial charge in [0.25, 0.3) is 0 Å². The lowest BCUT2D eigenvalue weighted by molar-refractivity contribution is 0.928. The van der Waals surface area contributed by atoms with Crippen LogP contribution in [0.5, 0.6) is 0 Å². The third kappa shape index (κ3) is 1.82. The van der Waals surface area contributed by atoms with Crippen LogP contribution in [-0.4, -0.2) is 9.97 Å². The Morgan fingerprint density at radius 1 is 1.29 bits per heavy atom. The largest absolute Gasteiger partial charge is 0.383 e. The van der Waals surface area contributed by atoms with Crippen molar-refractivity contribution in [3.63, 3.8) is 0 Å². The molecule has 0 bridgehead atoms. The van der Waals surface area contributed by atoms with Crippen molar-refractivity contribution < 1.29 is 0 Å². The number of hydrogen-bond donors (Lipinski definition) is 1. The summed E-state index contributed by atoms with van der Waals surface area (Å²) in [5.41, 5.74) is 9.20. The molecule has 1 saturated carbocycles.